The fourth-order valence-corrected chi connectivity index (χ4v) is 2.20. The van der Waals surface area contributed by atoms with Crippen LogP contribution in [0, 0.1) is 0 Å². The molecule has 22 heavy (non-hydrogen) atoms. The molecule has 1 fully saturated rings. The van der Waals surface area contributed by atoms with E-state index < -0.39 is 0 Å². The SMILES string of the molecule is CN(C)CC=Cc1ncccc1OCCOC1CCCCO1. The van der Waals surface area contributed by atoms with E-state index in [1.807, 2.05) is 32.3 Å². The van der Waals surface area contributed by atoms with Gasteiger partial charge in [-0.3, -0.25) is 4.98 Å². The monoisotopic (exact) mass is 306 g/mol. The molecule has 0 spiro atoms. The average Bonchev–Trinajstić information content (AvgIpc) is 2.53. The highest BCUT2D eigenvalue weighted by Gasteiger charge is 2.13. The lowest BCUT2D eigenvalue weighted by molar-refractivity contribution is -0.165. The van der Waals surface area contributed by atoms with Crippen LogP contribution in [-0.2, 0) is 9.47 Å². The van der Waals surface area contributed by atoms with Crippen molar-refractivity contribution in [3.63, 3.8) is 0 Å². The Balaban J connectivity index is 1.75. The average molecular weight is 306 g/mol. The molecule has 0 aromatic carbocycles. The molecular weight excluding hydrogens is 280 g/mol. The van der Waals surface area contributed by atoms with Crippen LogP contribution in [0.5, 0.6) is 5.75 Å². The summed E-state index contributed by atoms with van der Waals surface area (Å²) in [6.45, 7) is 2.70. The first-order chi connectivity index (χ1) is 10.8. The smallest absolute Gasteiger partial charge is 0.157 e. The molecule has 1 aromatic rings. The van der Waals surface area contributed by atoms with Gasteiger partial charge in [-0.15, -0.1) is 0 Å². The lowest BCUT2D eigenvalue weighted by atomic mass is 10.2. The molecule has 0 bridgehead atoms. The molecule has 122 valence electrons. The summed E-state index contributed by atoms with van der Waals surface area (Å²) in [4.78, 5) is 6.44. The van der Waals surface area contributed by atoms with Crippen molar-refractivity contribution in [1.29, 1.82) is 0 Å². The van der Waals surface area contributed by atoms with Gasteiger partial charge in [-0.25, -0.2) is 0 Å². The van der Waals surface area contributed by atoms with Crippen molar-refractivity contribution in [3.8, 4) is 5.75 Å². The Labute approximate surface area is 132 Å². The van der Waals surface area contributed by atoms with E-state index in [9.17, 15) is 0 Å². The summed E-state index contributed by atoms with van der Waals surface area (Å²) in [6, 6.07) is 3.81. The van der Waals surface area contributed by atoms with Gasteiger partial charge in [-0.2, -0.15) is 0 Å². The predicted octanol–water partition coefficient (Wildman–Crippen LogP) is 2.58. The second-order valence-electron chi connectivity index (χ2n) is 5.57. The van der Waals surface area contributed by atoms with E-state index in [-0.39, 0.29) is 6.29 Å². The molecule has 5 nitrogen and oxygen atoms in total. The zero-order valence-corrected chi connectivity index (χ0v) is 13.5. The fraction of sp³-hybridized carbons (Fsp3) is 0.588. The molecule has 1 unspecified atom stereocenters. The molecule has 0 N–H and O–H groups in total. The third kappa shape index (κ3) is 6.13. The predicted molar refractivity (Wildman–Crippen MR) is 86.9 cm³/mol. The number of nitrogens with zero attached hydrogens (tertiary/aromatic N) is 2. The van der Waals surface area contributed by atoms with E-state index in [4.69, 9.17) is 14.2 Å². The maximum Gasteiger partial charge on any atom is 0.157 e. The summed E-state index contributed by atoms with van der Waals surface area (Å²) in [6.07, 6.45) is 9.05. The van der Waals surface area contributed by atoms with E-state index in [1.54, 1.807) is 6.20 Å². The maximum atomic E-state index is 5.78. The Morgan fingerprint density at radius 3 is 3.05 bits per heavy atom. The molecule has 1 atom stereocenters. The highest BCUT2D eigenvalue weighted by molar-refractivity contribution is 5.52. The number of hydrogen-bond donors (Lipinski definition) is 0. The molecule has 1 saturated heterocycles. The van der Waals surface area contributed by atoms with Crippen molar-refractivity contribution in [2.45, 2.75) is 25.6 Å². The van der Waals surface area contributed by atoms with Crippen molar-refractivity contribution in [2.24, 2.45) is 0 Å². The summed E-state index contributed by atoms with van der Waals surface area (Å²) in [7, 11) is 4.07. The molecule has 0 saturated carbocycles. The van der Waals surface area contributed by atoms with E-state index >= 15 is 0 Å². The number of pyridine rings is 1. The van der Waals surface area contributed by atoms with Gasteiger partial charge in [0.2, 0.25) is 0 Å². The van der Waals surface area contributed by atoms with E-state index in [2.05, 4.69) is 16.0 Å². The maximum absolute atomic E-state index is 5.78. The summed E-state index contributed by atoms with van der Waals surface area (Å²) in [5.74, 6) is 0.783. The Bertz CT molecular complexity index is 457. The van der Waals surface area contributed by atoms with Crippen LogP contribution in [-0.4, -0.2) is 56.6 Å². The van der Waals surface area contributed by atoms with Gasteiger partial charge in [-0.1, -0.05) is 6.08 Å². The lowest BCUT2D eigenvalue weighted by Gasteiger charge is -2.22. The molecule has 5 heteroatoms. The minimum absolute atomic E-state index is 0.0642. The number of ether oxygens (including phenoxy) is 3. The Kier molecular flexibility index (Phi) is 7.36. The lowest BCUT2D eigenvalue weighted by Crippen LogP contribution is -2.24. The first-order valence-electron chi connectivity index (χ1n) is 7.88. The number of aromatic nitrogens is 1. The van der Waals surface area contributed by atoms with Crippen LogP contribution in [0.25, 0.3) is 6.08 Å². The van der Waals surface area contributed by atoms with Crippen LogP contribution < -0.4 is 4.74 Å². The quantitative estimate of drug-likeness (QED) is 0.691. The van der Waals surface area contributed by atoms with Gasteiger partial charge in [-0.05, 0) is 51.6 Å². The standard InChI is InChI=1S/C17H26N2O3/c1-19(2)11-6-7-15-16(8-5-10-18-15)20-13-14-22-17-9-3-4-12-21-17/h5-8,10,17H,3-4,9,11-14H2,1-2H3. The highest BCUT2D eigenvalue weighted by Crippen LogP contribution is 2.17. The van der Waals surface area contributed by atoms with E-state index in [1.165, 1.54) is 6.42 Å². The van der Waals surface area contributed by atoms with Gasteiger partial charge in [0.05, 0.1) is 6.61 Å². The normalized spacial score (nSPS) is 19.0. The molecule has 1 aliphatic rings. The van der Waals surface area contributed by atoms with Crippen LogP contribution in [0.1, 0.15) is 25.0 Å². The second kappa shape index (κ2) is 9.56. The van der Waals surface area contributed by atoms with Gasteiger partial charge in [0.25, 0.3) is 0 Å². The van der Waals surface area contributed by atoms with Crippen molar-refractivity contribution in [3.05, 3.63) is 30.1 Å². The molecule has 1 aromatic heterocycles. The third-order valence-corrected chi connectivity index (χ3v) is 3.33. The topological polar surface area (TPSA) is 43.8 Å². The Morgan fingerprint density at radius 2 is 2.27 bits per heavy atom. The van der Waals surface area contributed by atoms with Crippen molar-refractivity contribution in [1.82, 2.24) is 9.88 Å². The fourth-order valence-electron chi connectivity index (χ4n) is 2.20. The summed E-state index contributed by atoms with van der Waals surface area (Å²) in [5.41, 5.74) is 0.846. The Morgan fingerprint density at radius 1 is 1.36 bits per heavy atom. The zero-order chi connectivity index (χ0) is 15.6. The van der Waals surface area contributed by atoms with Gasteiger partial charge >= 0.3 is 0 Å². The third-order valence-electron chi connectivity index (χ3n) is 3.33. The molecule has 2 heterocycles. The van der Waals surface area contributed by atoms with Gasteiger partial charge in [0, 0.05) is 19.3 Å². The molecule has 0 radical (unpaired) electrons. The van der Waals surface area contributed by atoms with Crippen LogP contribution in [0.4, 0.5) is 0 Å². The van der Waals surface area contributed by atoms with Crippen molar-refractivity contribution >= 4 is 6.08 Å². The number of likely N-dealkylation sites (N-methyl/N-ethyl adjacent to an activating group) is 1. The molecule has 0 amide bonds. The molecule has 0 aliphatic carbocycles. The largest absolute Gasteiger partial charge is 0.489 e. The van der Waals surface area contributed by atoms with Gasteiger partial charge in [0.1, 0.15) is 18.1 Å². The summed E-state index contributed by atoms with van der Waals surface area (Å²) in [5, 5.41) is 0. The molecule has 1 aliphatic heterocycles. The van der Waals surface area contributed by atoms with Crippen LogP contribution in [0.2, 0.25) is 0 Å². The van der Waals surface area contributed by atoms with Crippen LogP contribution >= 0.6 is 0 Å². The summed E-state index contributed by atoms with van der Waals surface area (Å²) >= 11 is 0. The zero-order valence-electron chi connectivity index (χ0n) is 13.5. The Hall–Kier alpha value is -1.43. The van der Waals surface area contributed by atoms with Crippen LogP contribution in [0.3, 0.4) is 0 Å². The van der Waals surface area contributed by atoms with E-state index in [0.29, 0.717) is 13.2 Å². The second-order valence-corrected chi connectivity index (χ2v) is 5.57. The number of hydrogen-bond acceptors (Lipinski definition) is 5. The van der Waals surface area contributed by atoms with Gasteiger partial charge < -0.3 is 19.1 Å². The first-order valence-corrected chi connectivity index (χ1v) is 7.88. The van der Waals surface area contributed by atoms with Crippen molar-refractivity contribution < 1.29 is 14.2 Å². The molecular formula is C17H26N2O3. The highest BCUT2D eigenvalue weighted by atomic mass is 16.7. The van der Waals surface area contributed by atoms with Gasteiger partial charge in [0.15, 0.2) is 6.29 Å². The molecule has 2 rings (SSSR count). The van der Waals surface area contributed by atoms with Crippen LogP contribution in [0.15, 0.2) is 24.4 Å². The number of rotatable bonds is 8. The van der Waals surface area contributed by atoms with E-state index in [0.717, 1.165) is 37.4 Å². The minimum atomic E-state index is -0.0642. The van der Waals surface area contributed by atoms with Crippen molar-refractivity contribution in [2.75, 3.05) is 40.5 Å². The summed E-state index contributed by atoms with van der Waals surface area (Å²) < 4.78 is 17.0. The minimum Gasteiger partial charge on any atom is -0.489 e. The first kappa shape index (κ1) is 16.9.